The second-order valence-electron chi connectivity index (χ2n) is 6.09. The zero-order valence-electron chi connectivity index (χ0n) is 11.9. The van der Waals surface area contributed by atoms with E-state index in [0.717, 1.165) is 30.6 Å². The third-order valence-electron chi connectivity index (χ3n) is 4.51. The molecule has 0 aromatic carbocycles. The van der Waals surface area contributed by atoms with E-state index in [4.69, 9.17) is 4.52 Å². The van der Waals surface area contributed by atoms with E-state index in [1.54, 1.807) is 0 Å². The molecule has 1 heterocycles. The van der Waals surface area contributed by atoms with Crippen molar-refractivity contribution in [3.05, 3.63) is 11.7 Å². The van der Waals surface area contributed by atoms with Gasteiger partial charge in [-0.2, -0.15) is 4.98 Å². The highest BCUT2D eigenvalue weighted by Crippen LogP contribution is 2.34. The third kappa shape index (κ3) is 3.35. The summed E-state index contributed by atoms with van der Waals surface area (Å²) in [4.78, 5) is 4.65. The molecular formula is C15H25N3O. The molecule has 0 saturated heterocycles. The van der Waals surface area contributed by atoms with E-state index < -0.39 is 0 Å². The molecule has 0 aliphatic heterocycles. The first-order valence-corrected chi connectivity index (χ1v) is 7.92. The van der Waals surface area contributed by atoms with Crippen molar-refractivity contribution in [2.24, 2.45) is 5.92 Å². The van der Waals surface area contributed by atoms with Crippen molar-refractivity contribution in [1.82, 2.24) is 15.5 Å². The maximum atomic E-state index is 5.47. The Balaban J connectivity index is 1.60. The van der Waals surface area contributed by atoms with E-state index in [9.17, 15) is 0 Å². The van der Waals surface area contributed by atoms with Crippen molar-refractivity contribution in [3.63, 3.8) is 0 Å². The van der Waals surface area contributed by atoms with Crippen molar-refractivity contribution < 1.29 is 4.52 Å². The minimum Gasteiger partial charge on any atom is -0.339 e. The second-order valence-corrected chi connectivity index (χ2v) is 6.09. The molecule has 2 fully saturated rings. The average molecular weight is 263 g/mol. The molecule has 2 aliphatic carbocycles. The number of hydrogen-bond acceptors (Lipinski definition) is 4. The number of rotatable bonds is 6. The SMILES string of the molecule is CCNC(Cc1nc(C2CCCCC2)no1)C1CC1. The summed E-state index contributed by atoms with van der Waals surface area (Å²) in [5.74, 6) is 3.16. The van der Waals surface area contributed by atoms with E-state index in [1.165, 1.54) is 44.9 Å². The van der Waals surface area contributed by atoms with Crippen LogP contribution in [-0.2, 0) is 6.42 Å². The lowest BCUT2D eigenvalue weighted by atomic mass is 9.89. The van der Waals surface area contributed by atoms with Crippen LogP contribution in [0.2, 0.25) is 0 Å². The van der Waals surface area contributed by atoms with Gasteiger partial charge in [0.1, 0.15) is 0 Å². The van der Waals surface area contributed by atoms with Gasteiger partial charge in [0.05, 0.1) is 0 Å². The van der Waals surface area contributed by atoms with Crippen LogP contribution in [0, 0.1) is 5.92 Å². The smallest absolute Gasteiger partial charge is 0.228 e. The Morgan fingerprint density at radius 3 is 2.68 bits per heavy atom. The summed E-state index contributed by atoms with van der Waals surface area (Å²) in [6.45, 7) is 3.18. The van der Waals surface area contributed by atoms with E-state index in [-0.39, 0.29) is 0 Å². The quantitative estimate of drug-likeness (QED) is 0.857. The fourth-order valence-corrected chi connectivity index (χ4v) is 3.23. The Morgan fingerprint density at radius 1 is 1.21 bits per heavy atom. The van der Waals surface area contributed by atoms with Gasteiger partial charge in [-0.1, -0.05) is 31.3 Å². The summed E-state index contributed by atoms with van der Waals surface area (Å²) in [5.41, 5.74) is 0. The molecule has 2 aliphatic rings. The fraction of sp³-hybridized carbons (Fsp3) is 0.867. The van der Waals surface area contributed by atoms with Crippen molar-refractivity contribution in [2.75, 3.05) is 6.54 Å². The Labute approximate surface area is 115 Å². The highest BCUT2D eigenvalue weighted by Gasteiger charge is 2.32. The van der Waals surface area contributed by atoms with Crippen LogP contribution in [0.5, 0.6) is 0 Å². The summed E-state index contributed by atoms with van der Waals surface area (Å²) in [6, 6.07) is 0.532. The normalized spacial score (nSPS) is 22.6. The molecule has 0 amide bonds. The second kappa shape index (κ2) is 6.04. The van der Waals surface area contributed by atoms with Crippen molar-refractivity contribution in [2.45, 2.75) is 70.3 Å². The predicted molar refractivity (Wildman–Crippen MR) is 74.0 cm³/mol. The van der Waals surface area contributed by atoms with Gasteiger partial charge >= 0.3 is 0 Å². The van der Waals surface area contributed by atoms with Crippen LogP contribution in [0.4, 0.5) is 0 Å². The highest BCUT2D eigenvalue weighted by molar-refractivity contribution is 4.99. The van der Waals surface area contributed by atoms with Gasteiger partial charge in [0.2, 0.25) is 5.89 Å². The monoisotopic (exact) mass is 263 g/mol. The first-order valence-electron chi connectivity index (χ1n) is 7.92. The Hall–Kier alpha value is -0.900. The van der Waals surface area contributed by atoms with Gasteiger partial charge in [0.15, 0.2) is 5.82 Å². The van der Waals surface area contributed by atoms with Crippen LogP contribution in [0.25, 0.3) is 0 Å². The molecule has 2 saturated carbocycles. The van der Waals surface area contributed by atoms with Gasteiger partial charge in [0, 0.05) is 18.4 Å². The summed E-state index contributed by atoms with van der Waals surface area (Å²) < 4.78 is 5.47. The van der Waals surface area contributed by atoms with E-state index >= 15 is 0 Å². The number of likely N-dealkylation sites (N-methyl/N-ethyl adjacent to an activating group) is 1. The van der Waals surface area contributed by atoms with Crippen LogP contribution in [0.3, 0.4) is 0 Å². The number of aromatic nitrogens is 2. The molecule has 0 bridgehead atoms. The largest absolute Gasteiger partial charge is 0.339 e. The summed E-state index contributed by atoms with van der Waals surface area (Å²) in [6.07, 6.45) is 10.1. The molecule has 4 nitrogen and oxygen atoms in total. The third-order valence-corrected chi connectivity index (χ3v) is 4.51. The standard InChI is InChI=1S/C15H25N3O/c1-2-16-13(11-8-9-11)10-14-17-15(18-19-14)12-6-4-3-5-7-12/h11-13,16H,2-10H2,1H3. The van der Waals surface area contributed by atoms with Crippen LogP contribution in [-0.4, -0.2) is 22.7 Å². The lowest BCUT2D eigenvalue weighted by molar-refractivity contribution is 0.337. The zero-order valence-corrected chi connectivity index (χ0v) is 11.9. The first-order chi connectivity index (χ1) is 9.36. The maximum Gasteiger partial charge on any atom is 0.228 e. The molecule has 106 valence electrons. The summed E-state index contributed by atoms with van der Waals surface area (Å²) >= 11 is 0. The Kier molecular flexibility index (Phi) is 4.16. The zero-order chi connectivity index (χ0) is 13.1. The molecule has 0 spiro atoms. The molecule has 1 atom stereocenters. The number of hydrogen-bond donors (Lipinski definition) is 1. The maximum absolute atomic E-state index is 5.47. The van der Waals surface area contributed by atoms with Gasteiger partial charge in [-0.3, -0.25) is 0 Å². The van der Waals surface area contributed by atoms with Crippen molar-refractivity contribution in [3.8, 4) is 0 Å². The molecule has 3 rings (SSSR count). The topological polar surface area (TPSA) is 51.0 Å². The average Bonchev–Trinajstić information content (AvgIpc) is 3.19. The molecular weight excluding hydrogens is 238 g/mol. The minimum atomic E-state index is 0.532. The Morgan fingerprint density at radius 2 is 2.00 bits per heavy atom. The number of nitrogens with one attached hydrogen (secondary N) is 1. The number of nitrogens with zero attached hydrogens (tertiary/aromatic N) is 2. The molecule has 1 N–H and O–H groups in total. The van der Waals surface area contributed by atoms with Crippen LogP contribution in [0.1, 0.15) is 69.5 Å². The van der Waals surface area contributed by atoms with Crippen LogP contribution in [0.15, 0.2) is 4.52 Å². The summed E-state index contributed by atoms with van der Waals surface area (Å²) in [5, 5.41) is 7.77. The first kappa shape index (κ1) is 13.1. The molecule has 1 aromatic heterocycles. The molecule has 0 radical (unpaired) electrons. The summed E-state index contributed by atoms with van der Waals surface area (Å²) in [7, 11) is 0. The molecule has 19 heavy (non-hydrogen) atoms. The highest BCUT2D eigenvalue weighted by atomic mass is 16.5. The van der Waals surface area contributed by atoms with E-state index in [0.29, 0.717) is 12.0 Å². The van der Waals surface area contributed by atoms with Crippen molar-refractivity contribution >= 4 is 0 Å². The van der Waals surface area contributed by atoms with Gasteiger partial charge in [-0.15, -0.1) is 0 Å². The van der Waals surface area contributed by atoms with Crippen LogP contribution < -0.4 is 5.32 Å². The molecule has 4 heteroatoms. The Bertz CT molecular complexity index is 394. The lowest BCUT2D eigenvalue weighted by Crippen LogP contribution is -2.33. The van der Waals surface area contributed by atoms with E-state index in [2.05, 4.69) is 22.4 Å². The predicted octanol–water partition coefficient (Wildman–Crippen LogP) is 3.05. The molecule has 1 unspecified atom stereocenters. The van der Waals surface area contributed by atoms with Gasteiger partial charge in [-0.05, 0) is 38.1 Å². The van der Waals surface area contributed by atoms with Crippen molar-refractivity contribution in [1.29, 1.82) is 0 Å². The lowest BCUT2D eigenvalue weighted by Gasteiger charge is -2.17. The molecule has 1 aromatic rings. The van der Waals surface area contributed by atoms with Crippen LogP contribution >= 0.6 is 0 Å². The van der Waals surface area contributed by atoms with Gasteiger partial charge in [0.25, 0.3) is 0 Å². The minimum absolute atomic E-state index is 0.532. The van der Waals surface area contributed by atoms with E-state index in [1.807, 2.05) is 0 Å². The fourth-order valence-electron chi connectivity index (χ4n) is 3.23. The van der Waals surface area contributed by atoms with Gasteiger partial charge < -0.3 is 9.84 Å². The van der Waals surface area contributed by atoms with Gasteiger partial charge in [-0.25, -0.2) is 0 Å².